The number of para-hydroxylation sites is 1. The van der Waals surface area contributed by atoms with Crippen LogP contribution in [0.2, 0.25) is 0 Å². The molecule has 2 N–H and O–H groups in total. The lowest BCUT2D eigenvalue weighted by atomic mass is 10.2. The molecule has 1 saturated heterocycles. The first kappa shape index (κ1) is 19.4. The van der Waals surface area contributed by atoms with Gasteiger partial charge in [-0.25, -0.2) is 4.79 Å². The number of esters is 1. The summed E-state index contributed by atoms with van der Waals surface area (Å²) >= 11 is 1.44. The molecule has 144 valence electrons. The average Bonchev–Trinajstić information content (AvgIpc) is 3.11. The van der Waals surface area contributed by atoms with Crippen molar-refractivity contribution in [3.63, 3.8) is 0 Å². The van der Waals surface area contributed by atoms with E-state index in [4.69, 9.17) is 4.74 Å². The summed E-state index contributed by atoms with van der Waals surface area (Å²) < 4.78 is 4.83. The van der Waals surface area contributed by atoms with Gasteiger partial charge in [-0.1, -0.05) is 25.1 Å². The number of amides is 1. The lowest BCUT2D eigenvalue weighted by Crippen LogP contribution is -3.15. The van der Waals surface area contributed by atoms with Gasteiger partial charge >= 0.3 is 5.97 Å². The Morgan fingerprint density at radius 3 is 2.56 bits per heavy atom. The Balaban J connectivity index is 1.55. The molecule has 2 heterocycles. The maximum Gasteiger partial charge on any atom is 0.340 e. The van der Waals surface area contributed by atoms with Gasteiger partial charge < -0.3 is 19.9 Å². The molecule has 1 aromatic carbocycles. The van der Waals surface area contributed by atoms with Gasteiger partial charge in [0.05, 0.1) is 38.9 Å². The van der Waals surface area contributed by atoms with E-state index in [0.29, 0.717) is 17.1 Å². The van der Waals surface area contributed by atoms with E-state index in [1.54, 1.807) is 6.07 Å². The second-order valence-corrected chi connectivity index (χ2v) is 7.73. The minimum atomic E-state index is -0.412. The number of ether oxygens (including phenoxy) is 1. The fraction of sp³-hybridized carbons (Fsp3) is 0.400. The number of rotatable bonds is 6. The molecule has 27 heavy (non-hydrogen) atoms. The number of nitrogens with one attached hydrogen (secondary N) is 2. The topological polar surface area (TPSA) is 63.1 Å². The van der Waals surface area contributed by atoms with Crippen LogP contribution in [0, 0.1) is 0 Å². The van der Waals surface area contributed by atoms with Crippen LogP contribution in [0.5, 0.6) is 0 Å². The highest BCUT2D eigenvalue weighted by Crippen LogP contribution is 2.29. The fourth-order valence-electron chi connectivity index (χ4n) is 3.27. The van der Waals surface area contributed by atoms with E-state index in [2.05, 4.69) is 22.3 Å². The van der Waals surface area contributed by atoms with E-state index in [1.807, 2.05) is 25.1 Å². The number of carbonyl (C=O) groups is 2. The van der Waals surface area contributed by atoms with Crippen LogP contribution in [0.1, 0.15) is 22.2 Å². The highest BCUT2D eigenvalue weighted by Gasteiger charge is 2.24. The zero-order valence-electron chi connectivity index (χ0n) is 15.8. The fourth-order valence-corrected chi connectivity index (χ4v) is 4.27. The molecule has 3 rings (SSSR count). The van der Waals surface area contributed by atoms with Crippen molar-refractivity contribution in [1.82, 2.24) is 0 Å². The van der Waals surface area contributed by atoms with Crippen LogP contribution in [0.25, 0.3) is 0 Å². The number of piperazine rings is 1. The van der Waals surface area contributed by atoms with Gasteiger partial charge in [0, 0.05) is 10.6 Å². The number of anilines is 2. The third-order valence-corrected chi connectivity index (χ3v) is 5.99. The zero-order chi connectivity index (χ0) is 19.2. The number of hydrogen-bond acceptors (Lipinski definition) is 5. The molecule has 0 atom stereocenters. The molecule has 0 spiro atoms. The van der Waals surface area contributed by atoms with Crippen LogP contribution >= 0.6 is 11.3 Å². The zero-order valence-corrected chi connectivity index (χ0v) is 16.6. The maximum atomic E-state index is 12.5. The summed E-state index contributed by atoms with van der Waals surface area (Å²) in [5, 5.41) is 3.50. The van der Waals surface area contributed by atoms with Crippen LogP contribution in [-0.2, 0) is 16.0 Å². The summed E-state index contributed by atoms with van der Waals surface area (Å²) in [6, 6.07) is 12.2. The lowest BCUT2D eigenvalue weighted by molar-refractivity contribution is -0.892. The Labute approximate surface area is 163 Å². The largest absolute Gasteiger partial charge is 0.465 e. The van der Waals surface area contributed by atoms with Gasteiger partial charge in [0.2, 0.25) is 0 Å². The van der Waals surface area contributed by atoms with E-state index in [0.717, 1.165) is 37.5 Å². The number of hydrogen-bond donors (Lipinski definition) is 2. The van der Waals surface area contributed by atoms with Crippen LogP contribution in [0.3, 0.4) is 0 Å². The molecule has 0 unspecified atom stereocenters. The average molecular weight is 389 g/mol. The number of thiophene rings is 1. The van der Waals surface area contributed by atoms with E-state index in [1.165, 1.54) is 29.0 Å². The molecule has 0 saturated carbocycles. The number of quaternary nitrogens is 1. The summed E-state index contributed by atoms with van der Waals surface area (Å²) in [6.07, 6.45) is 0.817. The predicted molar refractivity (Wildman–Crippen MR) is 108 cm³/mol. The normalized spacial score (nSPS) is 14.8. The van der Waals surface area contributed by atoms with Crippen molar-refractivity contribution >= 4 is 33.9 Å². The molecular formula is C20H26N3O3S+. The van der Waals surface area contributed by atoms with Crippen LogP contribution in [0.15, 0.2) is 36.4 Å². The second-order valence-electron chi connectivity index (χ2n) is 6.60. The predicted octanol–water partition coefficient (Wildman–Crippen LogP) is 1.44. The second kappa shape index (κ2) is 9.01. The summed E-state index contributed by atoms with van der Waals surface area (Å²) in [4.78, 5) is 29.1. The first-order valence-electron chi connectivity index (χ1n) is 9.25. The standard InChI is InChI=1S/C20H25N3O3S/c1-3-16-13-17(20(25)26-2)19(27-16)21-18(24)14-22-9-11-23(12-10-22)15-7-5-4-6-8-15/h4-8,13H,3,9-12,14H2,1-2H3,(H,21,24)/p+1. The van der Waals surface area contributed by atoms with Crippen molar-refractivity contribution < 1.29 is 19.2 Å². The number of benzene rings is 1. The summed E-state index contributed by atoms with van der Waals surface area (Å²) in [5.41, 5.74) is 1.67. The molecule has 0 bridgehead atoms. The molecule has 1 aromatic heterocycles. The quantitative estimate of drug-likeness (QED) is 0.735. The molecule has 1 aliphatic rings. The maximum absolute atomic E-state index is 12.5. The van der Waals surface area contributed by atoms with Gasteiger partial charge in [-0.15, -0.1) is 11.3 Å². The number of nitrogens with zero attached hydrogens (tertiary/aromatic N) is 1. The molecule has 2 aromatic rings. The van der Waals surface area contributed by atoms with Crippen molar-refractivity contribution in [1.29, 1.82) is 0 Å². The minimum absolute atomic E-state index is 0.0622. The number of carbonyl (C=O) groups excluding carboxylic acids is 2. The van der Waals surface area contributed by atoms with E-state index < -0.39 is 5.97 Å². The van der Waals surface area contributed by atoms with Crippen LogP contribution in [-0.4, -0.2) is 51.7 Å². The van der Waals surface area contributed by atoms with Crippen molar-refractivity contribution in [2.75, 3.05) is 50.1 Å². The molecule has 6 nitrogen and oxygen atoms in total. The third kappa shape index (κ3) is 4.87. The minimum Gasteiger partial charge on any atom is -0.465 e. The van der Waals surface area contributed by atoms with Crippen molar-refractivity contribution in [3.8, 4) is 0 Å². The lowest BCUT2D eigenvalue weighted by Gasteiger charge is -2.33. The summed E-state index contributed by atoms with van der Waals surface area (Å²) in [5.74, 6) is -0.474. The van der Waals surface area contributed by atoms with E-state index in [-0.39, 0.29) is 5.91 Å². The van der Waals surface area contributed by atoms with Crippen molar-refractivity contribution in [2.45, 2.75) is 13.3 Å². The Morgan fingerprint density at radius 2 is 1.93 bits per heavy atom. The van der Waals surface area contributed by atoms with Crippen molar-refractivity contribution in [2.24, 2.45) is 0 Å². The molecule has 1 amide bonds. The SMILES string of the molecule is CCc1cc(C(=O)OC)c(NC(=O)C[NH+]2CCN(c3ccccc3)CC2)s1. The first-order chi connectivity index (χ1) is 13.1. The Kier molecular flexibility index (Phi) is 6.47. The van der Waals surface area contributed by atoms with Gasteiger partial charge in [0.1, 0.15) is 5.00 Å². The summed E-state index contributed by atoms with van der Waals surface area (Å²) in [7, 11) is 1.35. The molecule has 1 aliphatic heterocycles. The first-order valence-corrected chi connectivity index (χ1v) is 10.1. The van der Waals surface area contributed by atoms with Crippen LogP contribution < -0.4 is 15.1 Å². The Hall–Kier alpha value is -2.38. The van der Waals surface area contributed by atoms with Gasteiger partial charge in [-0.2, -0.15) is 0 Å². The molecule has 7 heteroatoms. The highest BCUT2D eigenvalue weighted by atomic mass is 32.1. The number of methoxy groups -OCH3 is 1. The van der Waals surface area contributed by atoms with Crippen molar-refractivity contribution in [3.05, 3.63) is 46.8 Å². The van der Waals surface area contributed by atoms with E-state index in [9.17, 15) is 9.59 Å². The van der Waals surface area contributed by atoms with Crippen LogP contribution in [0.4, 0.5) is 10.7 Å². The molecule has 0 radical (unpaired) electrons. The monoisotopic (exact) mass is 388 g/mol. The smallest absolute Gasteiger partial charge is 0.340 e. The Bertz CT molecular complexity index is 783. The van der Waals surface area contributed by atoms with Gasteiger partial charge in [-0.3, -0.25) is 4.79 Å². The van der Waals surface area contributed by atoms with E-state index >= 15 is 0 Å². The highest BCUT2D eigenvalue weighted by molar-refractivity contribution is 7.16. The third-order valence-electron chi connectivity index (χ3n) is 4.79. The van der Waals surface area contributed by atoms with Gasteiger partial charge in [0.25, 0.3) is 5.91 Å². The summed E-state index contributed by atoms with van der Waals surface area (Å²) in [6.45, 7) is 6.11. The molecule has 0 aliphatic carbocycles. The molecular weight excluding hydrogens is 362 g/mol. The number of aryl methyl sites for hydroxylation is 1. The van der Waals surface area contributed by atoms with Gasteiger partial charge in [0.15, 0.2) is 6.54 Å². The molecule has 1 fully saturated rings. The van der Waals surface area contributed by atoms with Gasteiger partial charge in [-0.05, 0) is 24.6 Å². The Morgan fingerprint density at radius 1 is 1.22 bits per heavy atom.